The number of nitrogens with zero attached hydrogens (tertiary/aromatic N) is 2. The Kier molecular flexibility index (Phi) is 5.05. The summed E-state index contributed by atoms with van der Waals surface area (Å²) in [6.45, 7) is 2.24. The Morgan fingerprint density at radius 2 is 2.00 bits per heavy atom. The van der Waals surface area contributed by atoms with Crippen LogP contribution in [0.2, 0.25) is 0 Å². The number of pyridine rings is 1. The molecule has 1 fully saturated rings. The molecule has 1 aromatic heterocycles. The van der Waals surface area contributed by atoms with E-state index in [1.807, 2.05) is 0 Å². The normalized spacial score (nSPS) is 17.0. The van der Waals surface area contributed by atoms with E-state index >= 15 is 0 Å². The van der Waals surface area contributed by atoms with Crippen molar-refractivity contribution in [3.05, 3.63) is 23.4 Å². The van der Waals surface area contributed by atoms with Crippen LogP contribution in [0.1, 0.15) is 24.1 Å². The van der Waals surface area contributed by atoms with Crippen molar-refractivity contribution in [3.8, 4) is 0 Å². The van der Waals surface area contributed by atoms with E-state index in [0.717, 1.165) is 18.9 Å². The highest BCUT2D eigenvalue weighted by Crippen LogP contribution is 2.30. The first-order chi connectivity index (χ1) is 9.91. The van der Waals surface area contributed by atoms with E-state index in [1.54, 1.807) is 11.9 Å². The Labute approximate surface area is 122 Å². The Morgan fingerprint density at radius 3 is 2.57 bits per heavy atom. The molecule has 2 N–H and O–H groups in total. The van der Waals surface area contributed by atoms with Gasteiger partial charge in [-0.25, -0.2) is 4.98 Å². The van der Waals surface area contributed by atoms with Crippen LogP contribution < -0.4 is 10.6 Å². The lowest BCUT2D eigenvalue weighted by molar-refractivity contribution is -0.141. The lowest BCUT2D eigenvalue weighted by Crippen LogP contribution is -2.31. The van der Waals surface area contributed by atoms with Crippen LogP contribution in [0.25, 0.3) is 0 Å². The zero-order valence-corrected chi connectivity index (χ0v) is 12.0. The molecule has 2 rings (SSSR count). The summed E-state index contributed by atoms with van der Waals surface area (Å²) in [5.41, 5.74) is 5.35. The third-order valence-corrected chi connectivity index (χ3v) is 3.70. The Morgan fingerprint density at radius 1 is 1.33 bits per heavy atom. The predicted molar refractivity (Wildman–Crippen MR) is 73.9 cm³/mol. The van der Waals surface area contributed by atoms with Crippen LogP contribution >= 0.6 is 0 Å². The standard InChI is InChI=1S/C14H20F3N3O/c1-20(9-10-4-6-21-7-5-10)13-11(8-18)2-3-12(19-13)14(15,16)17/h2-3,10H,4-9,18H2,1H3. The van der Waals surface area contributed by atoms with Gasteiger partial charge in [-0.05, 0) is 24.8 Å². The lowest BCUT2D eigenvalue weighted by atomic mass is 10.00. The Hall–Kier alpha value is -1.34. The van der Waals surface area contributed by atoms with Gasteiger partial charge in [0.25, 0.3) is 0 Å². The molecule has 0 radical (unpaired) electrons. The number of aromatic nitrogens is 1. The number of hydrogen-bond donors (Lipinski definition) is 1. The first kappa shape index (κ1) is 16.0. The predicted octanol–water partition coefficient (Wildman–Crippen LogP) is 2.42. The minimum atomic E-state index is -4.44. The van der Waals surface area contributed by atoms with Crippen LogP contribution in [0.4, 0.5) is 19.0 Å². The second-order valence-corrected chi connectivity index (χ2v) is 5.32. The van der Waals surface area contributed by atoms with E-state index in [0.29, 0.717) is 37.1 Å². The molecule has 0 saturated carbocycles. The number of ether oxygens (including phenoxy) is 1. The van der Waals surface area contributed by atoms with E-state index in [-0.39, 0.29) is 6.54 Å². The van der Waals surface area contributed by atoms with Gasteiger partial charge in [0.05, 0.1) is 0 Å². The molecule has 1 saturated heterocycles. The van der Waals surface area contributed by atoms with Gasteiger partial charge in [-0.2, -0.15) is 13.2 Å². The second-order valence-electron chi connectivity index (χ2n) is 5.32. The quantitative estimate of drug-likeness (QED) is 0.928. The highest BCUT2D eigenvalue weighted by Gasteiger charge is 2.33. The van der Waals surface area contributed by atoms with Crippen molar-refractivity contribution in [1.82, 2.24) is 4.98 Å². The van der Waals surface area contributed by atoms with Crippen molar-refractivity contribution in [2.75, 3.05) is 31.7 Å². The van der Waals surface area contributed by atoms with Crippen LogP contribution in [0, 0.1) is 5.92 Å². The zero-order chi connectivity index (χ0) is 15.5. The van der Waals surface area contributed by atoms with Gasteiger partial charge in [0, 0.05) is 38.9 Å². The highest BCUT2D eigenvalue weighted by atomic mass is 19.4. The fourth-order valence-electron chi connectivity index (χ4n) is 2.53. The van der Waals surface area contributed by atoms with Gasteiger partial charge in [0.15, 0.2) is 0 Å². The molecule has 7 heteroatoms. The maximum Gasteiger partial charge on any atom is 0.433 e. The third kappa shape index (κ3) is 4.07. The average Bonchev–Trinajstić information content (AvgIpc) is 2.46. The van der Waals surface area contributed by atoms with Crippen LogP contribution in [0.5, 0.6) is 0 Å². The average molecular weight is 303 g/mol. The van der Waals surface area contributed by atoms with Crippen LogP contribution in [-0.2, 0) is 17.5 Å². The molecule has 0 atom stereocenters. The molecule has 0 amide bonds. The fourth-order valence-corrected chi connectivity index (χ4v) is 2.53. The number of nitrogens with two attached hydrogens (primary N) is 1. The molecule has 118 valence electrons. The summed E-state index contributed by atoms with van der Waals surface area (Å²) < 4.78 is 43.7. The number of alkyl halides is 3. The van der Waals surface area contributed by atoms with Gasteiger partial charge < -0.3 is 15.4 Å². The highest BCUT2D eigenvalue weighted by molar-refractivity contribution is 5.47. The minimum absolute atomic E-state index is 0.165. The zero-order valence-electron chi connectivity index (χ0n) is 12.0. The summed E-state index contributed by atoms with van der Waals surface area (Å²) in [4.78, 5) is 5.54. The molecule has 0 aromatic carbocycles. The summed E-state index contributed by atoms with van der Waals surface area (Å²) in [7, 11) is 1.76. The van der Waals surface area contributed by atoms with Crippen molar-refractivity contribution in [2.24, 2.45) is 11.7 Å². The molecule has 1 aromatic rings. The van der Waals surface area contributed by atoms with Crippen molar-refractivity contribution >= 4 is 5.82 Å². The number of rotatable bonds is 4. The van der Waals surface area contributed by atoms with Crippen molar-refractivity contribution in [1.29, 1.82) is 0 Å². The first-order valence-electron chi connectivity index (χ1n) is 6.98. The molecular formula is C14H20F3N3O. The molecule has 0 spiro atoms. The van der Waals surface area contributed by atoms with Gasteiger partial charge in [0.2, 0.25) is 0 Å². The largest absolute Gasteiger partial charge is 0.433 e. The summed E-state index contributed by atoms with van der Waals surface area (Å²) in [6.07, 6.45) is -2.61. The van der Waals surface area contributed by atoms with Gasteiger partial charge in [0.1, 0.15) is 11.5 Å². The summed E-state index contributed by atoms with van der Waals surface area (Å²) in [5, 5.41) is 0. The molecular weight excluding hydrogens is 283 g/mol. The SMILES string of the molecule is CN(CC1CCOCC1)c1nc(C(F)(F)F)ccc1CN. The topological polar surface area (TPSA) is 51.4 Å². The molecule has 1 aliphatic heterocycles. The van der Waals surface area contributed by atoms with Crippen LogP contribution in [-0.4, -0.2) is 31.8 Å². The molecule has 4 nitrogen and oxygen atoms in total. The number of hydrogen-bond acceptors (Lipinski definition) is 4. The van der Waals surface area contributed by atoms with E-state index in [1.165, 1.54) is 6.07 Å². The van der Waals surface area contributed by atoms with E-state index in [2.05, 4.69) is 4.98 Å². The first-order valence-corrected chi connectivity index (χ1v) is 6.98. The van der Waals surface area contributed by atoms with Crippen LogP contribution in [0.15, 0.2) is 12.1 Å². The maximum atomic E-state index is 12.8. The number of anilines is 1. The fraction of sp³-hybridized carbons (Fsp3) is 0.643. The molecule has 21 heavy (non-hydrogen) atoms. The summed E-state index contributed by atoms with van der Waals surface area (Å²) in [6, 6.07) is 2.39. The maximum absolute atomic E-state index is 12.8. The molecule has 1 aliphatic rings. The van der Waals surface area contributed by atoms with Crippen molar-refractivity contribution in [3.63, 3.8) is 0 Å². The van der Waals surface area contributed by atoms with E-state index in [4.69, 9.17) is 10.5 Å². The second kappa shape index (κ2) is 6.62. The molecule has 0 aliphatic carbocycles. The molecule has 0 unspecified atom stereocenters. The summed E-state index contributed by atoms with van der Waals surface area (Å²) >= 11 is 0. The van der Waals surface area contributed by atoms with Crippen LogP contribution in [0.3, 0.4) is 0 Å². The van der Waals surface area contributed by atoms with E-state index < -0.39 is 11.9 Å². The minimum Gasteiger partial charge on any atom is -0.381 e. The smallest absolute Gasteiger partial charge is 0.381 e. The molecule has 0 bridgehead atoms. The van der Waals surface area contributed by atoms with Gasteiger partial charge in [-0.3, -0.25) is 0 Å². The Bertz CT molecular complexity index is 473. The van der Waals surface area contributed by atoms with Gasteiger partial charge in [-0.1, -0.05) is 6.07 Å². The van der Waals surface area contributed by atoms with Crippen molar-refractivity contribution < 1.29 is 17.9 Å². The molecule has 2 heterocycles. The van der Waals surface area contributed by atoms with E-state index in [9.17, 15) is 13.2 Å². The lowest BCUT2D eigenvalue weighted by Gasteiger charge is -2.29. The monoisotopic (exact) mass is 303 g/mol. The summed E-state index contributed by atoms with van der Waals surface area (Å²) in [5.74, 6) is 0.726. The third-order valence-electron chi connectivity index (χ3n) is 3.70. The van der Waals surface area contributed by atoms with Gasteiger partial charge in [-0.15, -0.1) is 0 Å². The van der Waals surface area contributed by atoms with Crippen molar-refractivity contribution in [2.45, 2.75) is 25.6 Å². The Balaban J connectivity index is 2.19. The number of halogens is 3. The van der Waals surface area contributed by atoms with Gasteiger partial charge >= 0.3 is 6.18 Å².